The van der Waals surface area contributed by atoms with E-state index >= 15 is 0 Å². The Kier molecular flexibility index (Phi) is 7.72. The maximum Gasteiger partial charge on any atom is 0.231 e. The zero-order valence-corrected chi connectivity index (χ0v) is 18.8. The zero-order valence-electron chi connectivity index (χ0n) is 18.8. The topological polar surface area (TPSA) is 78.4 Å². The Hall–Kier alpha value is -2.93. The molecular formula is C25H34N4O3. The molecule has 0 atom stereocenters. The molecular weight excluding hydrogens is 404 g/mol. The maximum absolute atomic E-state index is 9.32. The number of aliphatic hydroxyl groups is 1. The average molecular weight is 439 g/mol. The van der Waals surface area contributed by atoms with Gasteiger partial charge in [-0.2, -0.15) is 0 Å². The number of piperidine rings is 1. The zero-order chi connectivity index (χ0) is 22.2. The molecule has 0 saturated carbocycles. The summed E-state index contributed by atoms with van der Waals surface area (Å²) in [7, 11) is 0. The van der Waals surface area contributed by atoms with Crippen molar-refractivity contribution in [2.45, 2.75) is 32.7 Å². The Bertz CT molecular complexity index is 893. The molecule has 32 heavy (non-hydrogen) atoms. The van der Waals surface area contributed by atoms with Crippen LogP contribution in [0.5, 0.6) is 11.5 Å². The van der Waals surface area contributed by atoms with Gasteiger partial charge < -0.3 is 30.1 Å². The molecule has 7 heteroatoms. The highest BCUT2D eigenvalue weighted by molar-refractivity contribution is 5.79. The van der Waals surface area contributed by atoms with Crippen molar-refractivity contribution in [2.75, 3.05) is 44.5 Å². The molecule has 0 unspecified atom stereocenters. The van der Waals surface area contributed by atoms with Gasteiger partial charge in [0.25, 0.3) is 0 Å². The molecule has 0 aromatic heterocycles. The molecule has 0 radical (unpaired) electrons. The quantitative estimate of drug-likeness (QED) is 0.435. The second kappa shape index (κ2) is 11.1. The van der Waals surface area contributed by atoms with Crippen molar-refractivity contribution >= 4 is 11.6 Å². The Labute approximate surface area is 190 Å². The van der Waals surface area contributed by atoms with Gasteiger partial charge in [0.15, 0.2) is 17.5 Å². The number of rotatable bonds is 8. The first kappa shape index (κ1) is 22.3. The molecule has 2 aliphatic rings. The molecule has 1 fully saturated rings. The average Bonchev–Trinajstić information content (AvgIpc) is 3.31. The lowest BCUT2D eigenvalue weighted by molar-refractivity contribution is 0.174. The molecule has 4 rings (SSSR count). The molecule has 2 aromatic carbocycles. The van der Waals surface area contributed by atoms with Crippen LogP contribution < -0.4 is 25.0 Å². The minimum absolute atomic E-state index is 0.303. The largest absolute Gasteiger partial charge is 0.454 e. The SMILES string of the molecule is CCNC(=NCc1ccc(N2CCC(CO)CC2)cc1)NCCc1ccc2c(c1)OCO2. The number of nitrogens with one attached hydrogen (secondary N) is 2. The number of hydrogen-bond acceptors (Lipinski definition) is 5. The Balaban J connectivity index is 1.27. The predicted molar refractivity (Wildman–Crippen MR) is 128 cm³/mol. The minimum atomic E-state index is 0.303. The number of benzene rings is 2. The van der Waals surface area contributed by atoms with Crippen LogP contribution in [0.4, 0.5) is 5.69 Å². The summed E-state index contributed by atoms with van der Waals surface area (Å²) < 4.78 is 10.8. The number of nitrogens with zero attached hydrogens (tertiary/aromatic N) is 2. The highest BCUT2D eigenvalue weighted by Crippen LogP contribution is 2.32. The first-order chi connectivity index (χ1) is 15.7. The molecule has 3 N–H and O–H groups in total. The first-order valence-corrected chi connectivity index (χ1v) is 11.6. The van der Waals surface area contributed by atoms with Crippen molar-refractivity contribution in [2.24, 2.45) is 10.9 Å². The van der Waals surface area contributed by atoms with Gasteiger partial charge in [0.1, 0.15) is 0 Å². The summed E-state index contributed by atoms with van der Waals surface area (Å²) in [6.45, 7) is 6.95. The van der Waals surface area contributed by atoms with Crippen molar-refractivity contribution in [3.05, 3.63) is 53.6 Å². The molecule has 2 aromatic rings. The summed E-state index contributed by atoms with van der Waals surface area (Å²) in [5.41, 5.74) is 3.64. The lowest BCUT2D eigenvalue weighted by Crippen LogP contribution is -2.38. The van der Waals surface area contributed by atoms with E-state index in [1.54, 1.807) is 0 Å². The highest BCUT2D eigenvalue weighted by Gasteiger charge is 2.18. The van der Waals surface area contributed by atoms with Crippen LogP contribution in [-0.2, 0) is 13.0 Å². The van der Waals surface area contributed by atoms with Gasteiger partial charge in [-0.1, -0.05) is 18.2 Å². The second-order valence-electron chi connectivity index (χ2n) is 8.34. The Morgan fingerprint density at radius 3 is 2.53 bits per heavy atom. The van der Waals surface area contributed by atoms with Crippen molar-refractivity contribution in [1.29, 1.82) is 0 Å². The molecule has 7 nitrogen and oxygen atoms in total. The Morgan fingerprint density at radius 2 is 1.78 bits per heavy atom. The van der Waals surface area contributed by atoms with Crippen LogP contribution in [0.15, 0.2) is 47.5 Å². The van der Waals surface area contributed by atoms with Gasteiger partial charge in [0, 0.05) is 38.5 Å². The summed E-state index contributed by atoms with van der Waals surface area (Å²) >= 11 is 0. The van der Waals surface area contributed by atoms with Crippen LogP contribution in [0.25, 0.3) is 0 Å². The first-order valence-electron chi connectivity index (χ1n) is 11.6. The van der Waals surface area contributed by atoms with Gasteiger partial charge in [-0.05, 0) is 67.5 Å². The number of ether oxygens (including phenoxy) is 2. The number of hydrogen-bond donors (Lipinski definition) is 3. The monoisotopic (exact) mass is 438 g/mol. The van der Waals surface area contributed by atoms with Crippen molar-refractivity contribution in [3.63, 3.8) is 0 Å². The van der Waals surface area contributed by atoms with Gasteiger partial charge in [0.05, 0.1) is 6.54 Å². The third kappa shape index (κ3) is 5.85. The summed E-state index contributed by atoms with van der Waals surface area (Å²) in [5, 5.41) is 16.1. The number of aliphatic imine (C=N–C) groups is 1. The summed E-state index contributed by atoms with van der Waals surface area (Å²) in [5.74, 6) is 2.92. The van der Waals surface area contributed by atoms with E-state index in [0.717, 1.165) is 62.9 Å². The number of fused-ring (bicyclic) bond motifs is 1. The fourth-order valence-electron chi connectivity index (χ4n) is 4.12. The molecule has 0 amide bonds. The van der Waals surface area contributed by atoms with Gasteiger partial charge in [0.2, 0.25) is 6.79 Å². The van der Waals surface area contributed by atoms with Crippen LogP contribution in [0.1, 0.15) is 30.9 Å². The minimum Gasteiger partial charge on any atom is -0.454 e. The second-order valence-corrected chi connectivity index (χ2v) is 8.34. The van der Waals surface area contributed by atoms with E-state index < -0.39 is 0 Å². The van der Waals surface area contributed by atoms with Crippen LogP contribution in [-0.4, -0.2) is 50.6 Å². The summed E-state index contributed by atoms with van der Waals surface area (Å²) in [6.07, 6.45) is 3.00. The van der Waals surface area contributed by atoms with Gasteiger partial charge in [-0.3, -0.25) is 0 Å². The molecule has 2 heterocycles. The van der Waals surface area contributed by atoms with Crippen LogP contribution >= 0.6 is 0 Å². The van der Waals surface area contributed by atoms with Crippen molar-refractivity contribution in [1.82, 2.24) is 10.6 Å². The fourth-order valence-corrected chi connectivity index (χ4v) is 4.12. The van der Waals surface area contributed by atoms with E-state index in [9.17, 15) is 5.11 Å². The molecule has 172 valence electrons. The standard InChI is InChI=1S/C25H34N4O3/c1-2-26-25(27-12-9-19-5-8-23-24(15-19)32-18-31-23)28-16-20-3-6-22(7-4-20)29-13-10-21(17-30)11-14-29/h3-8,15,21,30H,2,9-14,16-18H2,1H3,(H2,26,27,28). The third-order valence-corrected chi connectivity index (χ3v) is 6.08. The van der Waals surface area contributed by atoms with Crippen LogP contribution in [0.2, 0.25) is 0 Å². The highest BCUT2D eigenvalue weighted by atomic mass is 16.7. The lowest BCUT2D eigenvalue weighted by atomic mass is 9.97. The van der Waals surface area contributed by atoms with Gasteiger partial charge in [-0.15, -0.1) is 0 Å². The van der Waals surface area contributed by atoms with E-state index in [1.165, 1.54) is 16.8 Å². The predicted octanol–water partition coefficient (Wildman–Crippen LogP) is 2.92. The number of aliphatic hydroxyl groups excluding tert-OH is 1. The van der Waals surface area contributed by atoms with E-state index in [2.05, 4.69) is 52.8 Å². The van der Waals surface area contributed by atoms with E-state index in [1.807, 2.05) is 12.1 Å². The molecule has 0 spiro atoms. The lowest BCUT2D eigenvalue weighted by Gasteiger charge is -2.32. The molecule has 0 bridgehead atoms. The van der Waals surface area contributed by atoms with Gasteiger partial charge >= 0.3 is 0 Å². The van der Waals surface area contributed by atoms with E-state index in [0.29, 0.717) is 25.9 Å². The van der Waals surface area contributed by atoms with Crippen LogP contribution in [0.3, 0.4) is 0 Å². The molecule has 1 saturated heterocycles. The van der Waals surface area contributed by atoms with E-state index in [4.69, 9.17) is 14.5 Å². The van der Waals surface area contributed by atoms with Gasteiger partial charge in [-0.25, -0.2) is 4.99 Å². The van der Waals surface area contributed by atoms with Crippen molar-refractivity contribution < 1.29 is 14.6 Å². The summed E-state index contributed by atoms with van der Waals surface area (Å²) in [6, 6.07) is 14.8. The normalized spacial score (nSPS) is 16.3. The Morgan fingerprint density at radius 1 is 1.03 bits per heavy atom. The molecule has 0 aliphatic carbocycles. The fraction of sp³-hybridized carbons (Fsp3) is 0.480. The number of guanidine groups is 1. The smallest absolute Gasteiger partial charge is 0.231 e. The maximum atomic E-state index is 9.32. The van der Waals surface area contributed by atoms with Crippen molar-refractivity contribution in [3.8, 4) is 11.5 Å². The third-order valence-electron chi connectivity index (χ3n) is 6.08. The van der Waals surface area contributed by atoms with E-state index in [-0.39, 0.29) is 0 Å². The summed E-state index contributed by atoms with van der Waals surface area (Å²) in [4.78, 5) is 7.15. The number of anilines is 1. The molecule has 2 aliphatic heterocycles. The van der Waals surface area contributed by atoms with Crippen LogP contribution in [0, 0.1) is 5.92 Å².